The van der Waals surface area contributed by atoms with Crippen LogP contribution in [0.25, 0.3) is 0 Å². The Hall–Kier alpha value is -3.42. The first-order valence-corrected chi connectivity index (χ1v) is 9.34. The van der Waals surface area contributed by atoms with E-state index in [0.29, 0.717) is 12.1 Å². The quantitative estimate of drug-likeness (QED) is 0.570. The van der Waals surface area contributed by atoms with Gasteiger partial charge in [-0.05, 0) is 38.8 Å². The van der Waals surface area contributed by atoms with Crippen LogP contribution in [0, 0.1) is 0 Å². The highest BCUT2D eigenvalue weighted by atomic mass is 16.6. The van der Waals surface area contributed by atoms with Crippen molar-refractivity contribution in [1.29, 1.82) is 0 Å². The summed E-state index contributed by atoms with van der Waals surface area (Å²) >= 11 is 0. The zero-order valence-corrected chi connectivity index (χ0v) is 17.7. The standard InChI is InChI=1S/C22H26N2O6/c1-22(2,3)30-21(27)24-18(11-14-9-7-6-8-10-14)17-12-15(19(25)28-4)16(13-23-17)20(26)29-5/h6-10,12-13,18H,11H2,1-5H3,(H,24,27). The second-order valence-electron chi connectivity index (χ2n) is 7.53. The average molecular weight is 414 g/mol. The van der Waals surface area contributed by atoms with Crippen LogP contribution in [-0.4, -0.2) is 42.8 Å². The lowest BCUT2D eigenvalue weighted by Gasteiger charge is -2.24. The summed E-state index contributed by atoms with van der Waals surface area (Å²) in [6, 6.07) is 10.3. The Bertz CT molecular complexity index is 906. The van der Waals surface area contributed by atoms with Crippen LogP contribution in [0.4, 0.5) is 4.79 Å². The monoisotopic (exact) mass is 414 g/mol. The van der Waals surface area contributed by atoms with Crippen molar-refractivity contribution in [3.63, 3.8) is 0 Å². The Morgan fingerprint density at radius 2 is 1.60 bits per heavy atom. The zero-order valence-electron chi connectivity index (χ0n) is 17.7. The van der Waals surface area contributed by atoms with E-state index in [4.69, 9.17) is 14.2 Å². The lowest BCUT2D eigenvalue weighted by molar-refractivity contribution is 0.0500. The van der Waals surface area contributed by atoms with Crippen LogP contribution in [0.1, 0.15) is 58.8 Å². The number of rotatable bonds is 6. The molecule has 8 nitrogen and oxygen atoms in total. The number of carbonyl (C=O) groups excluding carboxylic acids is 3. The molecule has 1 unspecified atom stereocenters. The number of aromatic nitrogens is 1. The predicted octanol–water partition coefficient (Wildman–Crippen LogP) is 3.46. The maximum atomic E-state index is 12.4. The summed E-state index contributed by atoms with van der Waals surface area (Å²) in [6.45, 7) is 5.28. The first kappa shape index (κ1) is 22.9. The van der Waals surface area contributed by atoms with Crippen molar-refractivity contribution in [1.82, 2.24) is 10.3 Å². The molecule has 1 aromatic carbocycles. The lowest BCUT2D eigenvalue weighted by Crippen LogP contribution is -2.36. The zero-order chi connectivity index (χ0) is 22.3. The van der Waals surface area contributed by atoms with Crippen molar-refractivity contribution in [3.05, 3.63) is 65.0 Å². The lowest BCUT2D eigenvalue weighted by atomic mass is 10.00. The van der Waals surface area contributed by atoms with E-state index in [9.17, 15) is 14.4 Å². The van der Waals surface area contributed by atoms with Gasteiger partial charge >= 0.3 is 18.0 Å². The third-order valence-corrected chi connectivity index (χ3v) is 4.07. The number of alkyl carbamates (subject to hydrolysis) is 1. The molecule has 0 radical (unpaired) electrons. The number of carbonyl (C=O) groups is 3. The van der Waals surface area contributed by atoms with Gasteiger partial charge in [-0.3, -0.25) is 4.98 Å². The molecule has 0 aliphatic heterocycles. The number of pyridine rings is 1. The number of methoxy groups -OCH3 is 2. The van der Waals surface area contributed by atoms with Crippen LogP contribution < -0.4 is 5.32 Å². The summed E-state index contributed by atoms with van der Waals surface area (Å²) in [5, 5.41) is 2.79. The number of nitrogens with zero attached hydrogens (tertiary/aromatic N) is 1. The largest absolute Gasteiger partial charge is 0.465 e. The van der Waals surface area contributed by atoms with Crippen molar-refractivity contribution >= 4 is 18.0 Å². The maximum Gasteiger partial charge on any atom is 0.408 e. The highest BCUT2D eigenvalue weighted by Gasteiger charge is 2.25. The minimum atomic E-state index is -0.714. The van der Waals surface area contributed by atoms with E-state index in [1.54, 1.807) is 20.8 Å². The number of benzene rings is 1. The first-order chi connectivity index (χ1) is 14.1. The van der Waals surface area contributed by atoms with E-state index < -0.39 is 29.7 Å². The Balaban J connectivity index is 2.44. The highest BCUT2D eigenvalue weighted by molar-refractivity contribution is 6.02. The number of ether oxygens (including phenoxy) is 3. The molecule has 1 aromatic heterocycles. The molecule has 0 saturated heterocycles. The molecule has 0 aliphatic rings. The summed E-state index contributed by atoms with van der Waals surface area (Å²) in [5.41, 5.74) is 0.609. The molecule has 0 fully saturated rings. The summed E-state index contributed by atoms with van der Waals surface area (Å²) < 4.78 is 14.9. The van der Waals surface area contributed by atoms with Gasteiger partial charge in [0.1, 0.15) is 5.60 Å². The normalized spacial score (nSPS) is 11.9. The van der Waals surface area contributed by atoms with Crippen molar-refractivity contribution in [3.8, 4) is 0 Å². The van der Waals surface area contributed by atoms with Gasteiger partial charge < -0.3 is 19.5 Å². The molecule has 0 saturated carbocycles. The molecule has 0 spiro atoms. The molecule has 30 heavy (non-hydrogen) atoms. The number of hydrogen-bond donors (Lipinski definition) is 1. The molecule has 1 heterocycles. The van der Waals surface area contributed by atoms with E-state index in [2.05, 4.69) is 10.3 Å². The minimum absolute atomic E-state index is 0.00148. The molecule has 0 aliphatic carbocycles. The number of esters is 2. The van der Waals surface area contributed by atoms with Crippen LogP contribution in [0.5, 0.6) is 0 Å². The van der Waals surface area contributed by atoms with Gasteiger partial charge in [-0.1, -0.05) is 30.3 Å². The van der Waals surface area contributed by atoms with E-state index in [-0.39, 0.29) is 11.1 Å². The average Bonchev–Trinajstić information content (AvgIpc) is 2.71. The summed E-state index contributed by atoms with van der Waals surface area (Å²) in [6.07, 6.45) is 1.01. The van der Waals surface area contributed by atoms with Crippen molar-refractivity contribution < 1.29 is 28.6 Å². The van der Waals surface area contributed by atoms with Gasteiger partial charge in [0.05, 0.1) is 37.1 Å². The van der Waals surface area contributed by atoms with Gasteiger partial charge in [0.25, 0.3) is 0 Å². The van der Waals surface area contributed by atoms with Crippen LogP contribution >= 0.6 is 0 Å². The SMILES string of the molecule is COC(=O)c1cnc(C(Cc2ccccc2)NC(=O)OC(C)(C)C)cc1C(=O)OC. The Morgan fingerprint density at radius 3 is 2.17 bits per heavy atom. The van der Waals surface area contributed by atoms with Crippen LogP contribution in [0.2, 0.25) is 0 Å². The summed E-state index contributed by atoms with van der Waals surface area (Å²) in [5.74, 6) is -1.43. The van der Waals surface area contributed by atoms with Crippen molar-refractivity contribution in [2.75, 3.05) is 14.2 Å². The Labute approximate surface area is 175 Å². The van der Waals surface area contributed by atoms with Crippen LogP contribution in [0.3, 0.4) is 0 Å². The second-order valence-corrected chi connectivity index (χ2v) is 7.53. The van der Waals surface area contributed by atoms with Crippen LogP contribution in [0.15, 0.2) is 42.6 Å². The fraction of sp³-hybridized carbons (Fsp3) is 0.364. The van der Waals surface area contributed by atoms with Gasteiger partial charge in [-0.15, -0.1) is 0 Å². The number of hydrogen-bond acceptors (Lipinski definition) is 7. The maximum absolute atomic E-state index is 12.4. The molecule has 160 valence electrons. The van der Waals surface area contributed by atoms with Crippen molar-refractivity contribution in [2.45, 2.75) is 38.8 Å². The van der Waals surface area contributed by atoms with Gasteiger partial charge in [0.2, 0.25) is 0 Å². The predicted molar refractivity (Wildman–Crippen MR) is 109 cm³/mol. The molecular weight excluding hydrogens is 388 g/mol. The van der Waals surface area contributed by atoms with Gasteiger partial charge in [-0.2, -0.15) is 0 Å². The van der Waals surface area contributed by atoms with Gasteiger partial charge in [0.15, 0.2) is 0 Å². The van der Waals surface area contributed by atoms with Crippen LogP contribution in [-0.2, 0) is 20.6 Å². The molecule has 1 atom stereocenters. The topological polar surface area (TPSA) is 104 Å². The second kappa shape index (κ2) is 9.87. The highest BCUT2D eigenvalue weighted by Crippen LogP contribution is 2.22. The Morgan fingerprint density at radius 1 is 1.00 bits per heavy atom. The van der Waals surface area contributed by atoms with Crippen molar-refractivity contribution in [2.24, 2.45) is 0 Å². The molecule has 1 amide bonds. The van der Waals surface area contributed by atoms with Gasteiger partial charge in [-0.25, -0.2) is 14.4 Å². The summed E-state index contributed by atoms with van der Waals surface area (Å²) in [7, 11) is 2.42. The number of amides is 1. The Kier molecular flexibility index (Phi) is 7.52. The molecular formula is C22H26N2O6. The number of nitrogens with one attached hydrogen (secondary N) is 1. The minimum Gasteiger partial charge on any atom is -0.465 e. The third-order valence-electron chi connectivity index (χ3n) is 4.07. The summed E-state index contributed by atoms with van der Waals surface area (Å²) in [4.78, 5) is 40.9. The third kappa shape index (κ3) is 6.30. The molecule has 2 aromatic rings. The molecule has 1 N–H and O–H groups in total. The first-order valence-electron chi connectivity index (χ1n) is 9.34. The molecule has 2 rings (SSSR count). The van der Waals surface area contributed by atoms with Gasteiger partial charge in [0, 0.05) is 6.20 Å². The smallest absolute Gasteiger partial charge is 0.408 e. The fourth-order valence-corrected chi connectivity index (χ4v) is 2.74. The van der Waals surface area contributed by atoms with E-state index in [0.717, 1.165) is 5.56 Å². The molecule has 8 heteroatoms. The van der Waals surface area contributed by atoms with E-state index in [1.807, 2.05) is 30.3 Å². The molecule has 0 bridgehead atoms. The van der Waals surface area contributed by atoms with E-state index >= 15 is 0 Å². The fourth-order valence-electron chi connectivity index (χ4n) is 2.74. The van der Waals surface area contributed by atoms with E-state index in [1.165, 1.54) is 26.5 Å².